The maximum absolute atomic E-state index is 12.4. The van der Waals surface area contributed by atoms with Crippen LogP contribution in [0.4, 0.5) is 10.5 Å². The number of urea groups is 1. The van der Waals surface area contributed by atoms with Crippen molar-refractivity contribution in [3.05, 3.63) is 29.8 Å². The third-order valence-corrected chi connectivity index (χ3v) is 4.34. The average Bonchev–Trinajstić information content (AvgIpc) is 2.55. The molecule has 1 heterocycles. The molecule has 0 aliphatic carbocycles. The molecule has 1 fully saturated rings. The zero-order valence-electron chi connectivity index (χ0n) is 15.8. The summed E-state index contributed by atoms with van der Waals surface area (Å²) in [5.41, 5.74) is 2.00. The second kappa shape index (κ2) is 9.75. The second-order valence-electron chi connectivity index (χ2n) is 6.81. The van der Waals surface area contributed by atoms with Crippen LogP contribution in [0, 0.1) is 0 Å². The Morgan fingerprint density at radius 1 is 1.32 bits per heavy atom. The molecule has 2 amide bonds. The molecule has 6 heteroatoms. The van der Waals surface area contributed by atoms with Crippen molar-refractivity contribution in [2.75, 3.05) is 45.7 Å². The molecule has 2 rings (SSSR count). The number of para-hydroxylation sites is 1. The summed E-state index contributed by atoms with van der Waals surface area (Å²) in [5, 5.41) is 3.04. The highest BCUT2D eigenvalue weighted by molar-refractivity contribution is 5.89. The third kappa shape index (κ3) is 6.30. The number of hydrogen-bond acceptors (Lipinski definition) is 4. The summed E-state index contributed by atoms with van der Waals surface area (Å²) < 4.78 is 10.8. The standard InChI is InChI=1S/C19H31N3O3/c1-15-12-22(13-16(2)25-15)14-17-8-5-6-9-18(17)20-19(23)21(3)10-7-11-24-4/h5-6,8-9,15-16H,7,10-14H2,1-4H3,(H,20,23). The number of nitrogens with one attached hydrogen (secondary N) is 1. The van der Waals surface area contributed by atoms with Crippen LogP contribution in [0.2, 0.25) is 0 Å². The molecule has 0 radical (unpaired) electrons. The number of carbonyl (C=O) groups is 1. The minimum atomic E-state index is -0.0905. The Morgan fingerprint density at radius 2 is 2.00 bits per heavy atom. The zero-order valence-corrected chi connectivity index (χ0v) is 15.8. The van der Waals surface area contributed by atoms with E-state index in [2.05, 4.69) is 30.1 Å². The first kappa shape index (κ1) is 19.7. The van der Waals surface area contributed by atoms with E-state index in [1.54, 1.807) is 19.1 Å². The van der Waals surface area contributed by atoms with Crippen molar-refractivity contribution in [2.45, 2.75) is 39.0 Å². The van der Waals surface area contributed by atoms with Gasteiger partial charge in [0.1, 0.15) is 0 Å². The van der Waals surface area contributed by atoms with Crippen molar-refractivity contribution in [2.24, 2.45) is 0 Å². The maximum atomic E-state index is 12.4. The van der Waals surface area contributed by atoms with E-state index in [0.717, 1.165) is 37.3 Å². The minimum absolute atomic E-state index is 0.0905. The lowest BCUT2D eigenvalue weighted by molar-refractivity contribution is -0.0704. The molecule has 1 saturated heterocycles. The number of morpholine rings is 1. The fourth-order valence-corrected chi connectivity index (χ4v) is 3.19. The summed E-state index contributed by atoms with van der Waals surface area (Å²) in [7, 11) is 3.47. The Kier molecular flexibility index (Phi) is 7.68. The summed E-state index contributed by atoms with van der Waals surface area (Å²) in [5.74, 6) is 0. The summed E-state index contributed by atoms with van der Waals surface area (Å²) in [4.78, 5) is 16.5. The summed E-state index contributed by atoms with van der Waals surface area (Å²) in [6.07, 6.45) is 1.29. The molecule has 25 heavy (non-hydrogen) atoms. The lowest BCUT2D eigenvalue weighted by atomic mass is 10.1. The maximum Gasteiger partial charge on any atom is 0.321 e. The quantitative estimate of drug-likeness (QED) is 0.769. The lowest BCUT2D eigenvalue weighted by Crippen LogP contribution is -2.45. The predicted octanol–water partition coefficient (Wildman–Crippen LogP) is 2.80. The van der Waals surface area contributed by atoms with Crippen molar-refractivity contribution in [3.8, 4) is 0 Å². The minimum Gasteiger partial charge on any atom is -0.385 e. The van der Waals surface area contributed by atoms with Crippen molar-refractivity contribution < 1.29 is 14.3 Å². The van der Waals surface area contributed by atoms with Gasteiger partial charge in [-0.15, -0.1) is 0 Å². The molecule has 1 aromatic rings. The van der Waals surface area contributed by atoms with Crippen LogP contribution >= 0.6 is 0 Å². The summed E-state index contributed by atoms with van der Waals surface area (Å²) >= 11 is 0. The molecule has 1 N–H and O–H groups in total. The molecule has 0 saturated carbocycles. The van der Waals surface area contributed by atoms with Crippen LogP contribution in [0.15, 0.2) is 24.3 Å². The van der Waals surface area contributed by atoms with Gasteiger partial charge in [-0.2, -0.15) is 0 Å². The van der Waals surface area contributed by atoms with Gasteiger partial charge in [0.25, 0.3) is 0 Å². The van der Waals surface area contributed by atoms with E-state index in [-0.39, 0.29) is 18.2 Å². The van der Waals surface area contributed by atoms with E-state index < -0.39 is 0 Å². The van der Waals surface area contributed by atoms with E-state index in [1.165, 1.54) is 0 Å². The van der Waals surface area contributed by atoms with Gasteiger partial charge in [-0.25, -0.2) is 4.79 Å². The third-order valence-electron chi connectivity index (χ3n) is 4.34. The molecule has 140 valence electrons. The van der Waals surface area contributed by atoms with Crippen LogP contribution in [0.5, 0.6) is 0 Å². The van der Waals surface area contributed by atoms with Gasteiger partial charge in [0.05, 0.1) is 12.2 Å². The van der Waals surface area contributed by atoms with Crippen LogP contribution in [0.1, 0.15) is 25.8 Å². The smallest absolute Gasteiger partial charge is 0.321 e. The Balaban J connectivity index is 1.96. The van der Waals surface area contributed by atoms with Crippen LogP contribution < -0.4 is 5.32 Å². The highest BCUT2D eigenvalue weighted by atomic mass is 16.5. The summed E-state index contributed by atoms with van der Waals surface area (Å²) in [6.45, 7) is 8.15. The molecular formula is C19H31N3O3. The monoisotopic (exact) mass is 349 g/mol. The molecule has 2 unspecified atom stereocenters. The lowest BCUT2D eigenvalue weighted by Gasteiger charge is -2.35. The van der Waals surface area contributed by atoms with Crippen molar-refractivity contribution in [3.63, 3.8) is 0 Å². The van der Waals surface area contributed by atoms with E-state index in [1.807, 2.05) is 18.2 Å². The predicted molar refractivity (Wildman–Crippen MR) is 99.9 cm³/mol. The molecule has 0 aromatic heterocycles. The second-order valence-corrected chi connectivity index (χ2v) is 6.81. The van der Waals surface area contributed by atoms with Gasteiger partial charge in [0, 0.05) is 52.6 Å². The molecule has 0 spiro atoms. The topological polar surface area (TPSA) is 54.0 Å². The summed E-state index contributed by atoms with van der Waals surface area (Å²) in [6, 6.07) is 7.91. The van der Waals surface area contributed by atoms with Crippen LogP contribution in [-0.4, -0.2) is 68.4 Å². The number of amides is 2. The van der Waals surface area contributed by atoms with Gasteiger partial charge in [-0.05, 0) is 31.9 Å². The molecule has 6 nitrogen and oxygen atoms in total. The Bertz CT molecular complexity index is 542. The molecular weight excluding hydrogens is 318 g/mol. The van der Waals surface area contributed by atoms with E-state index in [0.29, 0.717) is 13.2 Å². The molecule has 0 bridgehead atoms. The van der Waals surface area contributed by atoms with Crippen molar-refractivity contribution >= 4 is 11.7 Å². The first-order valence-corrected chi connectivity index (χ1v) is 8.96. The fraction of sp³-hybridized carbons (Fsp3) is 0.632. The van der Waals surface area contributed by atoms with E-state index >= 15 is 0 Å². The van der Waals surface area contributed by atoms with Crippen molar-refractivity contribution in [1.29, 1.82) is 0 Å². The number of benzene rings is 1. The Morgan fingerprint density at radius 3 is 2.68 bits per heavy atom. The Hall–Kier alpha value is -1.63. The Labute approximate surface area is 151 Å². The van der Waals surface area contributed by atoms with Crippen LogP contribution in [0.25, 0.3) is 0 Å². The fourth-order valence-electron chi connectivity index (χ4n) is 3.19. The number of nitrogens with zero attached hydrogens (tertiary/aromatic N) is 2. The number of anilines is 1. The van der Waals surface area contributed by atoms with E-state index in [4.69, 9.17) is 9.47 Å². The van der Waals surface area contributed by atoms with Crippen LogP contribution in [0.3, 0.4) is 0 Å². The number of methoxy groups -OCH3 is 1. The van der Waals surface area contributed by atoms with Gasteiger partial charge in [-0.3, -0.25) is 4.90 Å². The molecule has 1 aliphatic rings. The molecule has 1 aliphatic heterocycles. The average molecular weight is 349 g/mol. The largest absolute Gasteiger partial charge is 0.385 e. The van der Waals surface area contributed by atoms with E-state index in [9.17, 15) is 4.79 Å². The number of hydrogen-bond donors (Lipinski definition) is 1. The number of rotatable bonds is 7. The zero-order chi connectivity index (χ0) is 18.2. The molecule has 2 atom stereocenters. The van der Waals surface area contributed by atoms with Gasteiger partial charge < -0.3 is 19.7 Å². The number of carbonyl (C=O) groups excluding carboxylic acids is 1. The van der Waals surface area contributed by atoms with Gasteiger partial charge in [-0.1, -0.05) is 18.2 Å². The van der Waals surface area contributed by atoms with Gasteiger partial charge in [0.2, 0.25) is 0 Å². The van der Waals surface area contributed by atoms with Gasteiger partial charge in [0.15, 0.2) is 0 Å². The number of ether oxygens (including phenoxy) is 2. The van der Waals surface area contributed by atoms with Gasteiger partial charge >= 0.3 is 6.03 Å². The first-order chi connectivity index (χ1) is 12.0. The van der Waals surface area contributed by atoms with Crippen LogP contribution in [-0.2, 0) is 16.0 Å². The molecule has 1 aromatic carbocycles. The van der Waals surface area contributed by atoms with Crippen molar-refractivity contribution in [1.82, 2.24) is 9.80 Å². The first-order valence-electron chi connectivity index (χ1n) is 8.96. The SMILES string of the molecule is COCCCN(C)C(=O)Nc1ccccc1CN1CC(C)OC(C)C1. The highest BCUT2D eigenvalue weighted by Crippen LogP contribution is 2.20. The highest BCUT2D eigenvalue weighted by Gasteiger charge is 2.23. The normalized spacial score (nSPS) is 21.1.